The van der Waals surface area contributed by atoms with Crippen LogP contribution in [0.4, 0.5) is 0 Å². The number of nitrogens with one attached hydrogen (secondary N) is 1. The lowest BCUT2D eigenvalue weighted by atomic mass is 10.1. The molecule has 0 radical (unpaired) electrons. The minimum absolute atomic E-state index is 0.675. The number of aryl methyl sites for hydroxylation is 1. The van der Waals surface area contributed by atoms with Crippen LogP contribution in [0.3, 0.4) is 0 Å². The summed E-state index contributed by atoms with van der Waals surface area (Å²) in [6.45, 7) is 3.81. The van der Waals surface area contributed by atoms with Crippen molar-refractivity contribution in [3.05, 3.63) is 69.2 Å². The summed E-state index contributed by atoms with van der Waals surface area (Å²) >= 11 is 12.0. The number of rotatable bonds is 5. The van der Waals surface area contributed by atoms with Gasteiger partial charge in [0.1, 0.15) is 0 Å². The summed E-state index contributed by atoms with van der Waals surface area (Å²) in [4.78, 5) is 0. The summed E-state index contributed by atoms with van der Waals surface area (Å²) in [6, 6.07) is 14.2. The highest BCUT2D eigenvalue weighted by Gasteiger charge is 2.00. The van der Waals surface area contributed by atoms with Crippen LogP contribution in [0.15, 0.2) is 42.5 Å². The van der Waals surface area contributed by atoms with Gasteiger partial charge in [-0.3, -0.25) is 0 Å². The summed E-state index contributed by atoms with van der Waals surface area (Å²) in [5.41, 5.74) is 3.74. The second-order valence-corrected chi connectivity index (χ2v) is 5.50. The Labute approximate surface area is 124 Å². The predicted molar refractivity (Wildman–Crippen MR) is 83.1 cm³/mol. The van der Waals surface area contributed by atoms with Crippen molar-refractivity contribution in [3.63, 3.8) is 0 Å². The second-order valence-electron chi connectivity index (χ2n) is 4.65. The van der Waals surface area contributed by atoms with E-state index in [-0.39, 0.29) is 0 Å². The van der Waals surface area contributed by atoms with Crippen molar-refractivity contribution >= 4 is 23.2 Å². The first-order chi connectivity index (χ1) is 9.15. The SMILES string of the molecule is Cc1cccc(CCNCc2ccc(Cl)cc2Cl)c1. The monoisotopic (exact) mass is 293 g/mol. The Balaban J connectivity index is 1.81. The standard InChI is InChI=1S/C16H17Cl2N/c1-12-3-2-4-13(9-12)7-8-19-11-14-5-6-15(17)10-16(14)18/h2-6,9-10,19H,7-8,11H2,1H3. The number of halogens is 2. The maximum absolute atomic E-state index is 6.12. The minimum Gasteiger partial charge on any atom is -0.312 e. The second kappa shape index (κ2) is 6.95. The summed E-state index contributed by atoms with van der Waals surface area (Å²) in [5.74, 6) is 0. The van der Waals surface area contributed by atoms with Gasteiger partial charge in [0.2, 0.25) is 0 Å². The Kier molecular flexibility index (Phi) is 5.26. The first-order valence-corrected chi connectivity index (χ1v) is 7.11. The molecule has 100 valence electrons. The minimum atomic E-state index is 0.675. The molecule has 2 aromatic carbocycles. The van der Waals surface area contributed by atoms with Gasteiger partial charge < -0.3 is 5.32 Å². The van der Waals surface area contributed by atoms with Crippen molar-refractivity contribution in [2.45, 2.75) is 19.9 Å². The molecule has 0 fully saturated rings. The van der Waals surface area contributed by atoms with Gasteiger partial charge in [-0.1, -0.05) is 59.1 Å². The van der Waals surface area contributed by atoms with Gasteiger partial charge in [-0.05, 0) is 43.1 Å². The van der Waals surface area contributed by atoms with Crippen molar-refractivity contribution in [2.75, 3.05) is 6.54 Å². The predicted octanol–water partition coefficient (Wildman–Crippen LogP) is 4.63. The van der Waals surface area contributed by atoms with Crippen molar-refractivity contribution < 1.29 is 0 Å². The maximum atomic E-state index is 6.12. The molecule has 0 heterocycles. The van der Waals surface area contributed by atoms with E-state index in [4.69, 9.17) is 23.2 Å². The average Bonchev–Trinajstić information content (AvgIpc) is 2.37. The van der Waals surface area contributed by atoms with E-state index in [2.05, 4.69) is 36.5 Å². The van der Waals surface area contributed by atoms with Gasteiger partial charge in [0.15, 0.2) is 0 Å². The van der Waals surface area contributed by atoms with Crippen LogP contribution in [0.25, 0.3) is 0 Å². The number of benzene rings is 2. The molecule has 0 atom stereocenters. The van der Waals surface area contributed by atoms with Gasteiger partial charge in [0.05, 0.1) is 0 Å². The van der Waals surface area contributed by atoms with E-state index in [1.165, 1.54) is 11.1 Å². The molecule has 3 heteroatoms. The third-order valence-corrected chi connectivity index (χ3v) is 3.59. The highest BCUT2D eigenvalue weighted by Crippen LogP contribution is 2.20. The van der Waals surface area contributed by atoms with E-state index in [1.807, 2.05) is 12.1 Å². The van der Waals surface area contributed by atoms with Crippen molar-refractivity contribution in [2.24, 2.45) is 0 Å². The quantitative estimate of drug-likeness (QED) is 0.792. The summed E-state index contributed by atoms with van der Waals surface area (Å²) < 4.78 is 0. The Hall–Kier alpha value is -1.02. The van der Waals surface area contributed by atoms with Crippen LogP contribution in [-0.4, -0.2) is 6.54 Å². The topological polar surface area (TPSA) is 12.0 Å². The lowest BCUT2D eigenvalue weighted by molar-refractivity contribution is 0.687. The van der Waals surface area contributed by atoms with E-state index >= 15 is 0 Å². The van der Waals surface area contributed by atoms with E-state index in [1.54, 1.807) is 6.07 Å². The summed E-state index contributed by atoms with van der Waals surface area (Å²) in [5, 5.41) is 4.80. The van der Waals surface area contributed by atoms with Crippen molar-refractivity contribution in [3.8, 4) is 0 Å². The zero-order chi connectivity index (χ0) is 13.7. The molecule has 0 saturated heterocycles. The van der Waals surface area contributed by atoms with Crippen LogP contribution in [0.2, 0.25) is 10.0 Å². The highest BCUT2D eigenvalue weighted by atomic mass is 35.5. The first kappa shape index (κ1) is 14.4. The molecule has 0 bridgehead atoms. The van der Waals surface area contributed by atoms with Crippen LogP contribution < -0.4 is 5.32 Å². The molecule has 0 amide bonds. The zero-order valence-corrected chi connectivity index (χ0v) is 12.4. The van der Waals surface area contributed by atoms with Gasteiger partial charge >= 0.3 is 0 Å². The Morgan fingerprint density at radius 2 is 1.89 bits per heavy atom. The van der Waals surface area contributed by atoms with Crippen molar-refractivity contribution in [1.82, 2.24) is 5.32 Å². The van der Waals surface area contributed by atoms with Gasteiger partial charge in [0, 0.05) is 16.6 Å². The normalized spacial score (nSPS) is 10.7. The van der Waals surface area contributed by atoms with Crippen LogP contribution >= 0.6 is 23.2 Å². The van der Waals surface area contributed by atoms with E-state index < -0.39 is 0 Å². The van der Waals surface area contributed by atoms with Crippen LogP contribution in [0.5, 0.6) is 0 Å². The number of hydrogen-bond donors (Lipinski definition) is 1. The van der Waals surface area contributed by atoms with E-state index in [0.717, 1.165) is 30.1 Å². The molecular weight excluding hydrogens is 277 g/mol. The van der Waals surface area contributed by atoms with Crippen LogP contribution in [0, 0.1) is 6.92 Å². The van der Waals surface area contributed by atoms with Crippen LogP contribution in [-0.2, 0) is 13.0 Å². The Bertz CT molecular complexity index is 552. The summed E-state index contributed by atoms with van der Waals surface area (Å²) in [7, 11) is 0. The molecule has 2 aromatic rings. The molecule has 0 saturated carbocycles. The Morgan fingerprint density at radius 3 is 2.63 bits per heavy atom. The van der Waals surface area contributed by atoms with Crippen LogP contribution in [0.1, 0.15) is 16.7 Å². The molecule has 19 heavy (non-hydrogen) atoms. The molecule has 0 aromatic heterocycles. The fraction of sp³-hybridized carbons (Fsp3) is 0.250. The average molecular weight is 294 g/mol. The highest BCUT2D eigenvalue weighted by molar-refractivity contribution is 6.35. The van der Waals surface area contributed by atoms with Gasteiger partial charge in [-0.15, -0.1) is 0 Å². The molecule has 0 aliphatic rings. The first-order valence-electron chi connectivity index (χ1n) is 6.35. The summed E-state index contributed by atoms with van der Waals surface area (Å²) in [6.07, 6.45) is 1.02. The lowest BCUT2D eigenvalue weighted by Gasteiger charge is -2.07. The number of hydrogen-bond acceptors (Lipinski definition) is 1. The van der Waals surface area contributed by atoms with Gasteiger partial charge in [0.25, 0.3) is 0 Å². The zero-order valence-electron chi connectivity index (χ0n) is 10.9. The fourth-order valence-electron chi connectivity index (χ4n) is 1.99. The molecule has 1 nitrogen and oxygen atoms in total. The maximum Gasteiger partial charge on any atom is 0.0465 e. The largest absolute Gasteiger partial charge is 0.312 e. The Morgan fingerprint density at radius 1 is 1.05 bits per heavy atom. The third-order valence-electron chi connectivity index (χ3n) is 3.00. The van der Waals surface area contributed by atoms with E-state index in [9.17, 15) is 0 Å². The van der Waals surface area contributed by atoms with Gasteiger partial charge in [-0.2, -0.15) is 0 Å². The molecule has 2 rings (SSSR count). The van der Waals surface area contributed by atoms with Gasteiger partial charge in [-0.25, -0.2) is 0 Å². The molecule has 1 N–H and O–H groups in total. The molecule has 0 spiro atoms. The van der Waals surface area contributed by atoms with E-state index in [0.29, 0.717) is 5.02 Å². The van der Waals surface area contributed by atoms with Crippen molar-refractivity contribution in [1.29, 1.82) is 0 Å². The fourth-order valence-corrected chi connectivity index (χ4v) is 2.46. The molecule has 0 aliphatic carbocycles. The molecule has 0 unspecified atom stereocenters. The molecular formula is C16H17Cl2N. The lowest BCUT2D eigenvalue weighted by Crippen LogP contribution is -2.16. The smallest absolute Gasteiger partial charge is 0.0465 e. The molecule has 0 aliphatic heterocycles. The third kappa shape index (κ3) is 4.54.